The monoisotopic (exact) mass is 432 g/mol. The first kappa shape index (κ1) is 25.1. The Kier molecular flexibility index (Phi) is 11.2. The van der Waals surface area contributed by atoms with E-state index < -0.39 is 0 Å². The minimum absolute atomic E-state index is 0.140. The van der Waals surface area contributed by atoms with Crippen LogP contribution in [-0.2, 0) is 9.53 Å². The van der Waals surface area contributed by atoms with Crippen molar-refractivity contribution in [2.45, 2.75) is 148 Å². The Bertz CT molecular complexity index is 477. The Morgan fingerprint density at radius 3 is 1.81 bits per heavy atom. The fraction of sp³-hybridized carbons (Fsp3) is 0.966. The summed E-state index contributed by atoms with van der Waals surface area (Å²) in [6.07, 6.45) is 26.9. The summed E-state index contributed by atoms with van der Waals surface area (Å²) in [6, 6.07) is 0. The van der Waals surface area contributed by atoms with Gasteiger partial charge in [0.2, 0.25) is 0 Å². The van der Waals surface area contributed by atoms with Crippen LogP contribution in [0, 0.1) is 29.6 Å². The zero-order chi connectivity index (χ0) is 21.9. The van der Waals surface area contributed by atoms with E-state index in [4.69, 9.17) is 4.74 Å². The van der Waals surface area contributed by atoms with Crippen LogP contribution in [0.15, 0.2) is 0 Å². The predicted octanol–water partition coefficient (Wildman–Crippen LogP) is 8.86. The van der Waals surface area contributed by atoms with Gasteiger partial charge in [0.15, 0.2) is 0 Å². The number of carbonyl (C=O) groups excluding carboxylic acids is 1. The molecule has 0 unspecified atom stereocenters. The molecular weight excluding hydrogens is 380 g/mol. The molecule has 0 saturated heterocycles. The van der Waals surface area contributed by atoms with E-state index in [9.17, 15) is 4.79 Å². The lowest BCUT2D eigenvalue weighted by molar-refractivity contribution is -0.157. The largest absolute Gasteiger partial charge is 0.462 e. The Labute approximate surface area is 193 Å². The second kappa shape index (κ2) is 13.9. The molecule has 0 aromatic heterocycles. The second-order valence-corrected chi connectivity index (χ2v) is 11.4. The van der Waals surface area contributed by atoms with Gasteiger partial charge < -0.3 is 4.74 Å². The van der Waals surface area contributed by atoms with Crippen LogP contribution < -0.4 is 0 Å². The van der Waals surface area contributed by atoms with Crippen molar-refractivity contribution < 1.29 is 9.53 Å². The highest BCUT2D eigenvalue weighted by atomic mass is 16.5. The lowest BCUT2D eigenvalue weighted by atomic mass is 9.68. The molecule has 3 saturated carbocycles. The molecule has 0 amide bonds. The van der Waals surface area contributed by atoms with Gasteiger partial charge in [-0.3, -0.25) is 4.79 Å². The molecule has 0 radical (unpaired) electrons. The third-order valence-electron chi connectivity index (χ3n) is 9.28. The van der Waals surface area contributed by atoms with Crippen LogP contribution in [0.5, 0.6) is 0 Å². The van der Waals surface area contributed by atoms with Crippen molar-refractivity contribution in [1.82, 2.24) is 0 Å². The molecule has 0 spiro atoms. The highest BCUT2D eigenvalue weighted by molar-refractivity contribution is 5.72. The van der Waals surface area contributed by atoms with Crippen LogP contribution in [0.25, 0.3) is 0 Å². The number of ether oxygens (including phenoxy) is 1. The van der Waals surface area contributed by atoms with Crippen molar-refractivity contribution in [3.8, 4) is 0 Å². The molecule has 0 N–H and O–H groups in total. The average Bonchev–Trinajstić information content (AvgIpc) is 2.82. The Morgan fingerprint density at radius 1 is 0.645 bits per heavy atom. The maximum absolute atomic E-state index is 12.7. The Morgan fingerprint density at radius 2 is 1.19 bits per heavy atom. The van der Waals surface area contributed by atoms with Crippen LogP contribution in [0.4, 0.5) is 0 Å². The number of hydrogen-bond acceptors (Lipinski definition) is 2. The van der Waals surface area contributed by atoms with Gasteiger partial charge in [0, 0.05) is 0 Å². The number of carbonyl (C=O) groups is 1. The molecule has 0 bridgehead atoms. The average molecular weight is 433 g/mol. The molecule has 31 heavy (non-hydrogen) atoms. The Hall–Kier alpha value is -0.530. The van der Waals surface area contributed by atoms with Gasteiger partial charge in [-0.05, 0) is 87.9 Å². The van der Waals surface area contributed by atoms with Crippen LogP contribution in [-0.4, -0.2) is 12.1 Å². The quantitative estimate of drug-likeness (QED) is 0.241. The van der Waals surface area contributed by atoms with E-state index in [2.05, 4.69) is 13.8 Å². The van der Waals surface area contributed by atoms with Crippen molar-refractivity contribution >= 4 is 5.97 Å². The van der Waals surface area contributed by atoms with Gasteiger partial charge in [0.05, 0.1) is 5.92 Å². The van der Waals surface area contributed by atoms with Crippen molar-refractivity contribution in [1.29, 1.82) is 0 Å². The van der Waals surface area contributed by atoms with Gasteiger partial charge in [-0.1, -0.05) is 78.1 Å². The smallest absolute Gasteiger partial charge is 0.309 e. The molecule has 3 fully saturated rings. The first-order valence-electron chi connectivity index (χ1n) is 14.4. The molecule has 2 nitrogen and oxygen atoms in total. The lowest BCUT2D eigenvalue weighted by Crippen LogP contribution is -2.32. The maximum Gasteiger partial charge on any atom is 0.309 e. The number of rotatable bonds is 11. The predicted molar refractivity (Wildman–Crippen MR) is 131 cm³/mol. The van der Waals surface area contributed by atoms with E-state index in [1.165, 1.54) is 103 Å². The third kappa shape index (κ3) is 8.39. The maximum atomic E-state index is 12.7. The topological polar surface area (TPSA) is 26.3 Å². The fourth-order valence-electron chi connectivity index (χ4n) is 6.91. The van der Waals surface area contributed by atoms with Crippen molar-refractivity contribution in [3.05, 3.63) is 0 Å². The van der Waals surface area contributed by atoms with Crippen LogP contribution in [0.1, 0.15) is 142 Å². The third-order valence-corrected chi connectivity index (χ3v) is 9.28. The standard InChI is InChI=1S/C29H52O2/c1-3-5-6-7-8-9-10-24-11-15-25(16-12-24)26-17-19-27(20-18-26)29(30)31-28-21-13-23(4-2)14-22-28/h23-28H,3-22H2,1-2H3. The lowest BCUT2D eigenvalue weighted by Gasteiger charge is -2.38. The zero-order valence-corrected chi connectivity index (χ0v) is 20.9. The SMILES string of the molecule is CCCCCCCCC1CCC(C2CCC(C(=O)OC3CCC(CC)CC3)CC2)CC1. The van der Waals surface area contributed by atoms with Crippen LogP contribution >= 0.6 is 0 Å². The molecule has 2 heteroatoms. The molecule has 3 aliphatic rings. The van der Waals surface area contributed by atoms with Gasteiger partial charge >= 0.3 is 5.97 Å². The van der Waals surface area contributed by atoms with E-state index in [1.807, 2.05) is 0 Å². The van der Waals surface area contributed by atoms with Crippen LogP contribution in [0.2, 0.25) is 0 Å². The molecule has 0 aromatic rings. The van der Waals surface area contributed by atoms with Crippen molar-refractivity contribution in [2.24, 2.45) is 29.6 Å². The summed E-state index contributed by atoms with van der Waals surface area (Å²) < 4.78 is 5.95. The molecule has 180 valence electrons. The Balaban J connectivity index is 1.26. The van der Waals surface area contributed by atoms with E-state index in [0.717, 1.165) is 49.4 Å². The minimum atomic E-state index is 0.140. The first-order valence-corrected chi connectivity index (χ1v) is 14.4. The summed E-state index contributed by atoms with van der Waals surface area (Å²) in [5, 5.41) is 0. The van der Waals surface area contributed by atoms with E-state index in [-0.39, 0.29) is 18.0 Å². The van der Waals surface area contributed by atoms with Gasteiger partial charge in [-0.25, -0.2) is 0 Å². The second-order valence-electron chi connectivity index (χ2n) is 11.4. The van der Waals surface area contributed by atoms with Gasteiger partial charge in [-0.15, -0.1) is 0 Å². The van der Waals surface area contributed by atoms with Crippen molar-refractivity contribution in [2.75, 3.05) is 0 Å². The number of hydrogen-bond donors (Lipinski definition) is 0. The van der Waals surface area contributed by atoms with E-state index in [1.54, 1.807) is 0 Å². The molecular formula is C29H52O2. The summed E-state index contributed by atoms with van der Waals surface area (Å²) in [7, 11) is 0. The first-order chi connectivity index (χ1) is 15.2. The number of esters is 1. The molecule has 3 aliphatic carbocycles. The fourth-order valence-corrected chi connectivity index (χ4v) is 6.91. The van der Waals surface area contributed by atoms with Gasteiger partial charge in [-0.2, -0.15) is 0 Å². The molecule has 0 aliphatic heterocycles. The molecule has 0 aromatic carbocycles. The van der Waals surface area contributed by atoms with E-state index >= 15 is 0 Å². The summed E-state index contributed by atoms with van der Waals surface area (Å²) in [6.45, 7) is 4.59. The van der Waals surface area contributed by atoms with Gasteiger partial charge in [0.1, 0.15) is 6.10 Å². The van der Waals surface area contributed by atoms with Crippen LogP contribution in [0.3, 0.4) is 0 Å². The number of unbranched alkanes of at least 4 members (excludes halogenated alkanes) is 5. The summed E-state index contributed by atoms with van der Waals surface area (Å²) in [5.74, 6) is 4.05. The zero-order valence-electron chi connectivity index (χ0n) is 20.9. The highest BCUT2D eigenvalue weighted by Crippen LogP contribution is 2.42. The normalized spacial score (nSPS) is 34.4. The summed E-state index contributed by atoms with van der Waals surface area (Å²) >= 11 is 0. The molecule has 0 atom stereocenters. The molecule has 3 rings (SSSR count). The van der Waals surface area contributed by atoms with E-state index in [0.29, 0.717) is 0 Å². The molecule has 0 heterocycles. The van der Waals surface area contributed by atoms with Gasteiger partial charge in [0.25, 0.3) is 0 Å². The minimum Gasteiger partial charge on any atom is -0.462 e. The highest BCUT2D eigenvalue weighted by Gasteiger charge is 2.34. The van der Waals surface area contributed by atoms with Crippen molar-refractivity contribution in [3.63, 3.8) is 0 Å². The summed E-state index contributed by atoms with van der Waals surface area (Å²) in [4.78, 5) is 12.7. The summed E-state index contributed by atoms with van der Waals surface area (Å²) in [5.41, 5.74) is 0.